The van der Waals surface area contributed by atoms with Gasteiger partial charge in [0.1, 0.15) is 0 Å². The quantitative estimate of drug-likeness (QED) is 0.791. The number of likely N-dealkylation sites (tertiary alicyclic amines) is 1. The van der Waals surface area contributed by atoms with Crippen LogP contribution in [0.25, 0.3) is 11.0 Å². The number of fused-ring (bicyclic) bond motifs is 1. The van der Waals surface area contributed by atoms with Crippen LogP contribution in [0.5, 0.6) is 0 Å². The number of β-amino-alcohol motifs (C(OH)–C–C–N with tert-alkyl or cyclic N) is 1. The molecule has 0 bridgehead atoms. The second-order valence-corrected chi connectivity index (χ2v) is 5.79. The van der Waals surface area contributed by atoms with Crippen molar-refractivity contribution >= 4 is 16.9 Å². The summed E-state index contributed by atoms with van der Waals surface area (Å²) in [4.78, 5) is 18.3. The second kappa shape index (κ2) is 5.48. The Kier molecular flexibility index (Phi) is 3.31. The minimum absolute atomic E-state index is 0.0968. The molecule has 1 amide bonds. The predicted molar refractivity (Wildman–Crippen MR) is 85.0 cm³/mol. The van der Waals surface area contributed by atoms with Crippen LogP contribution in [-0.2, 0) is 6.54 Å². The molecule has 1 N–H and O–H groups in total. The summed E-state index contributed by atoms with van der Waals surface area (Å²) in [7, 11) is 0. The van der Waals surface area contributed by atoms with Gasteiger partial charge in [-0.25, -0.2) is 9.67 Å². The van der Waals surface area contributed by atoms with Gasteiger partial charge < -0.3 is 10.0 Å². The van der Waals surface area contributed by atoms with Gasteiger partial charge in [0, 0.05) is 24.7 Å². The van der Waals surface area contributed by atoms with Crippen molar-refractivity contribution in [1.82, 2.24) is 19.7 Å². The minimum atomic E-state index is -0.399. The van der Waals surface area contributed by atoms with Gasteiger partial charge in [-0.05, 0) is 11.6 Å². The van der Waals surface area contributed by atoms with Crippen LogP contribution in [0.4, 0.5) is 0 Å². The van der Waals surface area contributed by atoms with E-state index in [1.165, 1.54) is 0 Å². The van der Waals surface area contributed by atoms with Gasteiger partial charge in [-0.1, -0.05) is 30.3 Å². The van der Waals surface area contributed by atoms with E-state index in [1.54, 1.807) is 17.3 Å². The molecule has 116 valence electrons. The topological polar surface area (TPSA) is 71.2 Å². The summed E-state index contributed by atoms with van der Waals surface area (Å²) in [6.07, 6.45) is 2.91. The Hall–Kier alpha value is -2.73. The molecule has 4 rings (SSSR count). The first-order valence-corrected chi connectivity index (χ1v) is 7.53. The lowest BCUT2D eigenvalue weighted by Gasteiger charge is -2.35. The summed E-state index contributed by atoms with van der Waals surface area (Å²) < 4.78 is 1.83. The van der Waals surface area contributed by atoms with E-state index in [0.29, 0.717) is 25.2 Å². The fourth-order valence-electron chi connectivity index (χ4n) is 2.76. The first-order chi connectivity index (χ1) is 11.2. The highest BCUT2D eigenvalue weighted by molar-refractivity contribution is 5.97. The maximum Gasteiger partial charge on any atom is 0.255 e. The fourth-order valence-corrected chi connectivity index (χ4v) is 2.76. The number of aliphatic hydroxyl groups excluding tert-OH is 1. The molecular weight excluding hydrogens is 292 g/mol. The van der Waals surface area contributed by atoms with E-state index in [4.69, 9.17) is 0 Å². The molecule has 1 fully saturated rings. The van der Waals surface area contributed by atoms with Crippen molar-refractivity contribution in [3.63, 3.8) is 0 Å². The van der Waals surface area contributed by atoms with Gasteiger partial charge in [0.2, 0.25) is 0 Å². The van der Waals surface area contributed by atoms with Crippen LogP contribution in [0, 0.1) is 0 Å². The van der Waals surface area contributed by atoms with E-state index < -0.39 is 6.10 Å². The zero-order valence-electron chi connectivity index (χ0n) is 12.5. The van der Waals surface area contributed by atoms with Gasteiger partial charge in [-0.15, -0.1) is 0 Å². The molecule has 0 atom stereocenters. The highest BCUT2D eigenvalue weighted by Gasteiger charge is 2.29. The molecular formula is C17H16N4O2. The number of rotatable bonds is 3. The monoisotopic (exact) mass is 308 g/mol. The van der Waals surface area contributed by atoms with E-state index in [1.807, 2.05) is 41.1 Å². The van der Waals surface area contributed by atoms with Crippen molar-refractivity contribution in [3.8, 4) is 0 Å². The molecule has 0 aliphatic carbocycles. The SMILES string of the molecule is O=C(c1cnc2c(cnn2Cc2ccccc2)c1)N1CC(O)C1. The molecule has 6 heteroatoms. The molecule has 2 aromatic heterocycles. The number of carbonyl (C=O) groups is 1. The third-order valence-corrected chi connectivity index (χ3v) is 4.05. The smallest absolute Gasteiger partial charge is 0.255 e. The van der Waals surface area contributed by atoms with E-state index >= 15 is 0 Å². The molecule has 0 spiro atoms. The zero-order chi connectivity index (χ0) is 15.8. The van der Waals surface area contributed by atoms with Gasteiger partial charge in [-0.2, -0.15) is 5.10 Å². The molecule has 23 heavy (non-hydrogen) atoms. The third kappa shape index (κ3) is 2.57. The number of aromatic nitrogens is 3. The van der Waals surface area contributed by atoms with Gasteiger partial charge in [0.05, 0.1) is 24.4 Å². The molecule has 3 heterocycles. The fraction of sp³-hybridized carbons (Fsp3) is 0.235. The van der Waals surface area contributed by atoms with Crippen molar-refractivity contribution in [1.29, 1.82) is 0 Å². The summed E-state index contributed by atoms with van der Waals surface area (Å²) >= 11 is 0. The average Bonchev–Trinajstić information content (AvgIpc) is 2.94. The van der Waals surface area contributed by atoms with Crippen LogP contribution in [0.2, 0.25) is 0 Å². The summed E-state index contributed by atoms with van der Waals surface area (Å²) in [5.74, 6) is -0.0968. The lowest BCUT2D eigenvalue weighted by atomic mass is 10.1. The number of nitrogens with zero attached hydrogens (tertiary/aromatic N) is 4. The number of carbonyl (C=O) groups excluding carboxylic acids is 1. The summed E-state index contributed by atoms with van der Waals surface area (Å²) in [5.41, 5.74) is 2.44. The zero-order valence-corrected chi connectivity index (χ0v) is 12.5. The van der Waals surface area contributed by atoms with Gasteiger partial charge in [0.15, 0.2) is 5.65 Å². The van der Waals surface area contributed by atoms with Crippen LogP contribution in [0.15, 0.2) is 48.8 Å². The highest BCUT2D eigenvalue weighted by Crippen LogP contribution is 2.18. The lowest BCUT2D eigenvalue weighted by Crippen LogP contribution is -2.53. The number of hydrogen-bond acceptors (Lipinski definition) is 4. The predicted octanol–water partition coefficient (Wildman–Crippen LogP) is 1.30. The number of aliphatic hydroxyl groups is 1. The maximum absolute atomic E-state index is 12.3. The minimum Gasteiger partial charge on any atom is -0.389 e. The Morgan fingerprint density at radius 1 is 1.22 bits per heavy atom. The second-order valence-electron chi connectivity index (χ2n) is 5.79. The largest absolute Gasteiger partial charge is 0.389 e. The van der Waals surface area contributed by atoms with Crippen LogP contribution in [-0.4, -0.2) is 49.9 Å². The molecule has 0 unspecified atom stereocenters. The summed E-state index contributed by atoms with van der Waals surface area (Å²) in [6.45, 7) is 1.43. The van der Waals surface area contributed by atoms with Crippen molar-refractivity contribution < 1.29 is 9.90 Å². The molecule has 6 nitrogen and oxygen atoms in total. The number of amides is 1. The van der Waals surface area contributed by atoms with Gasteiger partial charge in [0.25, 0.3) is 5.91 Å². The molecule has 1 aliphatic heterocycles. The third-order valence-electron chi connectivity index (χ3n) is 4.05. The lowest BCUT2D eigenvalue weighted by molar-refractivity contribution is 0.00588. The molecule has 0 radical (unpaired) electrons. The van der Waals surface area contributed by atoms with Crippen molar-refractivity contribution in [2.45, 2.75) is 12.6 Å². The van der Waals surface area contributed by atoms with Crippen molar-refractivity contribution in [3.05, 3.63) is 59.9 Å². The van der Waals surface area contributed by atoms with Crippen LogP contribution in [0.1, 0.15) is 15.9 Å². The molecule has 0 saturated carbocycles. The Morgan fingerprint density at radius 2 is 2.00 bits per heavy atom. The average molecular weight is 308 g/mol. The molecule has 1 aliphatic rings. The Morgan fingerprint density at radius 3 is 2.74 bits per heavy atom. The normalized spacial score (nSPS) is 14.9. The molecule has 3 aromatic rings. The van der Waals surface area contributed by atoms with E-state index in [0.717, 1.165) is 16.6 Å². The first kappa shape index (κ1) is 13.9. The van der Waals surface area contributed by atoms with E-state index in [-0.39, 0.29) is 5.91 Å². The number of hydrogen-bond donors (Lipinski definition) is 1. The number of benzene rings is 1. The number of pyridine rings is 1. The molecule has 1 aromatic carbocycles. The van der Waals surface area contributed by atoms with E-state index in [9.17, 15) is 9.90 Å². The van der Waals surface area contributed by atoms with Crippen LogP contribution < -0.4 is 0 Å². The van der Waals surface area contributed by atoms with Crippen LogP contribution >= 0.6 is 0 Å². The summed E-state index contributed by atoms with van der Waals surface area (Å²) in [6, 6.07) is 11.9. The first-order valence-electron chi connectivity index (χ1n) is 7.53. The maximum atomic E-state index is 12.3. The van der Waals surface area contributed by atoms with Gasteiger partial charge >= 0.3 is 0 Å². The Balaban J connectivity index is 1.60. The van der Waals surface area contributed by atoms with Gasteiger partial charge in [-0.3, -0.25) is 4.79 Å². The van der Waals surface area contributed by atoms with Crippen molar-refractivity contribution in [2.24, 2.45) is 0 Å². The Labute approximate surface area is 133 Å². The van der Waals surface area contributed by atoms with Crippen LogP contribution in [0.3, 0.4) is 0 Å². The summed E-state index contributed by atoms with van der Waals surface area (Å²) in [5, 5.41) is 14.5. The molecule has 1 saturated heterocycles. The Bertz CT molecular complexity index is 853. The van der Waals surface area contributed by atoms with E-state index in [2.05, 4.69) is 10.1 Å². The standard InChI is InChI=1S/C17H16N4O2/c22-15-10-20(11-15)17(23)14-6-13-8-19-21(16(13)18-7-14)9-12-4-2-1-3-5-12/h1-8,15,22H,9-11H2. The van der Waals surface area contributed by atoms with Crippen molar-refractivity contribution in [2.75, 3.05) is 13.1 Å². The highest BCUT2D eigenvalue weighted by atomic mass is 16.3.